The van der Waals surface area contributed by atoms with E-state index < -0.39 is 0 Å². The third kappa shape index (κ3) is 4.86. The maximum Gasteiger partial charge on any atom is 0.255 e. The topological polar surface area (TPSA) is 47.6 Å². The Hall–Kier alpha value is -2.50. The number of ether oxygens (including phenoxy) is 2. The molecule has 1 amide bonds. The molecule has 3 aromatic carbocycles. The van der Waals surface area contributed by atoms with Crippen LogP contribution in [0.3, 0.4) is 0 Å². The first-order valence-electron chi connectivity index (χ1n) is 8.59. The van der Waals surface area contributed by atoms with Gasteiger partial charge in [0.25, 0.3) is 5.91 Å². The summed E-state index contributed by atoms with van der Waals surface area (Å²) in [5, 5.41) is 3.27. The number of aryl methyl sites for hydroxylation is 1. The lowest BCUT2D eigenvalue weighted by molar-refractivity contribution is 0.102. The third-order valence-corrected chi connectivity index (χ3v) is 5.04. The maximum absolute atomic E-state index is 12.6. The molecule has 0 aromatic heterocycles. The molecule has 144 valence electrons. The second kappa shape index (κ2) is 9.13. The van der Waals surface area contributed by atoms with E-state index in [1.807, 2.05) is 31.2 Å². The van der Waals surface area contributed by atoms with E-state index in [0.29, 0.717) is 38.9 Å². The highest BCUT2D eigenvalue weighted by atomic mass is 79.9. The van der Waals surface area contributed by atoms with Crippen LogP contribution >= 0.6 is 27.5 Å². The second-order valence-electron chi connectivity index (χ2n) is 6.20. The number of para-hydroxylation sites is 1. The van der Waals surface area contributed by atoms with E-state index in [1.165, 1.54) is 12.7 Å². The molecular weight excluding hydrogens is 442 g/mol. The van der Waals surface area contributed by atoms with Crippen molar-refractivity contribution in [3.05, 3.63) is 86.8 Å². The standard InChI is InChI=1S/C22H19BrClNO3/c1-14-7-9-15(10-8-14)13-28-21-17(23)11-16(12-20(21)27-2)22(26)25-19-6-4-3-5-18(19)24/h3-12H,13H2,1-2H3,(H,25,26). The molecule has 6 heteroatoms. The quantitative estimate of drug-likeness (QED) is 0.473. The first-order valence-corrected chi connectivity index (χ1v) is 9.77. The van der Waals surface area contributed by atoms with Gasteiger partial charge in [0.1, 0.15) is 6.61 Å². The zero-order chi connectivity index (χ0) is 20.1. The Morgan fingerprint density at radius 2 is 1.82 bits per heavy atom. The van der Waals surface area contributed by atoms with Crippen molar-refractivity contribution in [2.45, 2.75) is 13.5 Å². The number of rotatable bonds is 6. The van der Waals surface area contributed by atoms with Crippen LogP contribution < -0.4 is 14.8 Å². The molecule has 1 N–H and O–H groups in total. The molecule has 0 aliphatic carbocycles. The Kier molecular flexibility index (Phi) is 6.60. The SMILES string of the molecule is COc1cc(C(=O)Nc2ccccc2Cl)cc(Br)c1OCc1ccc(C)cc1. The largest absolute Gasteiger partial charge is 0.493 e. The van der Waals surface area contributed by atoms with Crippen molar-refractivity contribution >= 4 is 39.1 Å². The summed E-state index contributed by atoms with van der Waals surface area (Å²) in [6, 6.07) is 18.5. The van der Waals surface area contributed by atoms with Gasteiger partial charge in [-0.25, -0.2) is 0 Å². The van der Waals surface area contributed by atoms with Crippen molar-refractivity contribution in [2.75, 3.05) is 12.4 Å². The number of benzene rings is 3. The van der Waals surface area contributed by atoms with Crippen LogP contribution in [0.2, 0.25) is 5.02 Å². The van der Waals surface area contributed by atoms with E-state index in [2.05, 4.69) is 21.2 Å². The number of carbonyl (C=O) groups excluding carboxylic acids is 1. The van der Waals surface area contributed by atoms with Gasteiger partial charge in [-0.1, -0.05) is 53.6 Å². The highest BCUT2D eigenvalue weighted by Gasteiger charge is 2.16. The predicted molar refractivity (Wildman–Crippen MR) is 116 cm³/mol. The number of nitrogens with one attached hydrogen (secondary N) is 1. The molecule has 4 nitrogen and oxygen atoms in total. The Morgan fingerprint density at radius 3 is 2.50 bits per heavy atom. The fraction of sp³-hybridized carbons (Fsp3) is 0.136. The number of hydrogen-bond acceptors (Lipinski definition) is 3. The summed E-state index contributed by atoms with van der Waals surface area (Å²) in [5.41, 5.74) is 3.20. The minimum atomic E-state index is -0.294. The lowest BCUT2D eigenvalue weighted by atomic mass is 10.1. The number of amides is 1. The van der Waals surface area contributed by atoms with Gasteiger partial charge in [0.15, 0.2) is 11.5 Å². The molecule has 3 aromatic rings. The summed E-state index contributed by atoms with van der Waals surface area (Å²) in [6.45, 7) is 2.43. The molecule has 3 rings (SSSR count). The number of halogens is 2. The molecule has 0 heterocycles. The van der Waals surface area contributed by atoms with Crippen molar-refractivity contribution < 1.29 is 14.3 Å². The molecule has 0 aliphatic rings. The van der Waals surface area contributed by atoms with Crippen molar-refractivity contribution in [2.24, 2.45) is 0 Å². The summed E-state index contributed by atoms with van der Waals surface area (Å²) < 4.78 is 12.0. The molecule has 0 radical (unpaired) electrons. The summed E-state index contributed by atoms with van der Waals surface area (Å²) in [6.07, 6.45) is 0. The lowest BCUT2D eigenvalue weighted by Gasteiger charge is -2.15. The molecule has 0 aliphatic heterocycles. The summed E-state index contributed by atoms with van der Waals surface area (Å²) in [4.78, 5) is 12.6. The summed E-state index contributed by atoms with van der Waals surface area (Å²) >= 11 is 9.59. The number of hydrogen-bond donors (Lipinski definition) is 1. The van der Waals surface area contributed by atoms with Crippen LogP contribution in [0.5, 0.6) is 11.5 Å². The van der Waals surface area contributed by atoms with E-state index in [9.17, 15) is 4.79 Å². The minimum Gasteiger partial charge on any atom is -0.493 e. The van der Waals surface area contributed by atoms with E-state index in [4.69, 9.17) is 21.1 Å². The minimum absolute atomic E-state index is 0.294. The van der Waals surface area contributed by atoms with E-state index in [-0.39, 0.29) is 5.91 Å². The Labute approximate surface area is 177 Å². The van der Waals surface area contributed by atoms with E-state index in [0.717, 1.165) is 5.56 Å². The van der Waals surface area contributed by atoms with E-state index in [1.54, 1.807) is 36.4 Å². The van der Waals surface area contributed by atoms with Crippen LogP contribution in [0.15, 0.2) is 65.1 Å². The van der Waals surface area contributed by atoms with Gasteiger partial charge in [0.05, 0.1) is 22.3 Å². The zero-order valence-electron chi connectivity index (χ0n) is 15.5. The molecule has 0 fully saturated rings. The molecule has 28 heavy (non-hydrogen) atoms. The van der Waals surface area contributed by atoms with E-state index >= 15 is 0 Å². The average molecular weight is 461 g/mol. The van der Waals surface area contributed by atoms with Crippen LogP contribution in [-0.4, -0.2) is 13.0 Å². The third-order valence-electron chi connectivity index (χ3n) is 4.12. The summed E-state index contributed by atoms with van der Waals surface area (Å²) in [5.74, 6) is 0.709. The highest BCUT2D eigenvalue weighted by molar-refractivity contribution is 9.10. The van der Waals surface area contributed by atoms with Crippen LogP contribution in [0, 0.1) is 6.92 Å². The van der Waals surface area contributed by atoms with Crippen molar-refractivity contribution in [3.8, 4) is 11.5 Å². The summed E-state index contributed by atoms with van der Waals surface area (Å²) in [7, 11) is 1.54. The molecule has 0 saturated heterocycles. The number of methoxy groups -OCH3 is 1. The van der Waals surface area contributed by atoms with Gasteiger partial charge in [0.2, 0.25) is 0 Å². The van der Waals surface area contributed by atoms with Crippen LogP contribution in [0.1, 0.15) is 21.5 Å². The molecule has 0 spiro atoms. The van der Waals surface area contributed by atoms with Crippen molar-refractivity contribution in [3.63, 3.8) is 0 Å². The molecule has 0 unspecified atom stereocenters. The Balaban J connectivity index is 1.79. The van der Waals surface area contributed by atoms with Gasteiger partial charge in [-0.3, -0.25) is 4.79 Å². The first-order chi connectivity index (χ1) is 13.5. The molecule has 0 bridgehead atoms. The fourth-order valence-electron chi connectivity index (χ4n) is 2.59. The lowest BCUT2D eigenvalue weighted by Crippen LogP contribution is -2.12. The number of anilines is 1. The van der Waals surface area contributed by atoms with Crippen LogP contribution in [-0.2, 0) is 6.61 Å². The monoisotopic (exact) mass is 459 g/mol. The van der Waals surface area contributed by atoms with Gasteiger partial charge in [-0.05, 0) is 52.7 Å². The normalized spacial score (nSPS) is 10.4. The van der Waals surface area contributed by atoms with Gasteiger partial charge in [-0.15, -0.1) is 0 Å². The molecular formula is C22H19BrClNO3. The van der Waals surface area contributed by atoms with Crippen LogP contribution in [0.4, 0.5) is 5.69 Å². The van der Waals surface area contributed by atoms with Gasteiger partial charge in [-0.2, -0.15) is 0 Å². The fourth-order valence-corrected chi connectivity index (χ4v) is 3.33. The van der Waals surface area contributed by atoms with Gasteiger partial charge >= 0.3 is 0 Å². The smallest absolute Gasteiger partial charge is 0.255 e. The van der Waals surface area contributed by atoms with Crippen LogP contribution in [0.25, 0.3) is 0 Å². The number of carbonyl (C=O) groups is 1. The van der Waals surface area contributed by atoms with Crippen molar-refractivity contribution in [1.29, 1.82) is 0 Å². The Bertz CT molecular complexity index is 990. The second-order valence-corrected chi connectivity index (χ2v) is 7.46. The maximum atomic E-state index is 12.6. The van der Waals surface area contributed by atoms with Gasteiger partial charge in [0, 0.05) is 5.56 Å². The van der Waals surface area contributed by atoms with Gasteiger partial charge < -0.3 is 14.8 Å². The van der Waals surface area contributed by atoms with Crippen molar-refractivity contribution in [1.82, 2.24) is 0 Å². The Morgan fingerprint density at radius 1 is 1.11 bits per heavy atom. The molecule has 0 atom stereocenters. The predicted octanol–water partition coefficient (Wildman–Crippen LogP) is 6.25. The first kappa shape index (κ1) is 20.2. The average Bonchev–Trinajstić information content (AvgIpc) is 2.69. The molecule has 0 saturated carbocycles. The highest BCUT2D eigenvalue weighted by Crippen LogP contribution is 2.37. The zero-order valence-corrected chi connectivity index (χ0v) is 17.8.